The van der Waals surface area contributed by atoms with Crippen molar-refractivity contribution in [3.05, 3.63) is 78.2 Å². The van der Waals surface area contributed by atoms with Gasteiger partial charge in [-0.1, -0.05) is 12.1 Å². The predicted molar refractivity (Wildman–Crippen MR) is 119 cm³/mol. The first kappa shape index (κ1) is 19.5. The van der Waals surface area contributed by atoms with Crippen molar-refractivity contribution in [1.29, 1.82) is 0 Å². The van der Waals surface area contributed by atoms with Gasteiger partial charge in [-0.25, -0.2) is 13.9 Å². The maximum atomic E-state index is 13.5. The number of nitrogens with one attached hydrogen (secondary N) is 2. The molecule has 0 aliphatic carbocycles. The summed E-state index contributed by atoms with van der Waals surface area (Å²) in [7, 11) is 0. The van der Waals surface area contributed by atoms with Gasteiger partial charge in [0.1, 0.15) is 24.0 Å². The Morgan fingerprint density at radius 1 is 1.19 bits per heavy atom. The minimum absolute atomic E-state index is 0.0887. The zero-order valence-electron chi connectivity index (χ0n) is 17.3. The molecule has 3 heterocycles. The van der Waals surface area contributed by atoms with Crippen molar-refractivity contribution in [2.75, 3.05) is 18.5 Å². The van der Waals surface area contributed by atoms with Crippen LogP contribution in [0.25, 0.3) is 16.9 Å². The fourth-order valence-corrected chi connectivity index (χ4v) is 3.64. The van der Waals surface area contributed by atoms with Crippen LogP contribution in [-0.2, 0) is 0 Å². The number of aromatic nitrogens is 3. The highest BCUT2D eigenvalue weighted by Crippen LogP contribution is 2.25. The molecule has 158 valence electrons. The molecule has 1 saturated heterocycles. The largest absolute Gasteiger partial charge is 0.492 e. The highest BCUT2D eigenvalue weighted by Gasteiger charge is 2.16. The van der Waals surface area contributed by atoms with Crippen LogP contribution in [0, 0.1) is 5.82 Å². The van der Waals surface area contributed by atoms with Gasteiger partial charge in [0.25, 0.3) is 0 Å². The van der Waals surface area contributed by atoms with Crippen molar-refractivity contribution in [3.63, 3.8) is 0 Å². The second-order valence-corrected chi connectivity index (χ2v) is 7.83. The normalized spacial score (nSPS) is 16.6. The lowest BCUT2D eigenvalue weighted by molar-refractivity contribution is 0.217. The maximum Gasteiger partial charge on any atom is 0.154 e. The van der Waals surface area contributed by atoms with Gasteiger partial charge in [-0.05, 0) is 74.0 Å². The lowest BCUT2D eigenvalue weighted by atomic mass is 10.1. The Bertz CT molecular complexity index is 1190. The van der Waals surface area contributed by atoms with Crippen LogP contribution in [0.1, 0.15) is 24.9 Å². The SMILES string of the molecule is CC(Nc1ccc2ncc(-c3ccc(OCC4CCN4)cc3)n2n1)c1cccc(F)c1. The molecular formula is C24H24FN5O. The molecule has 2 aromatic carbocycles. The van der Waals surface area contributed by atoms with Crippen LogP contribution in [0.4, 0.5) is 10.2 Å². The Morgan fingerprint density at radius 2 is 2.03 bits per heavy atom. The summed E-state index contributed by atoms with van der Waals surface area (Å²) in [5.41, 5.74) is 3.52. The van der Waals surface area contributed by atoms with Crippen LogP contribution in [0.5, 0.6) is 5.75 Å². The summed E-state index contributed by atoms with van der Waals surface area (Å²) in [6, 6.07) is 18.7. The first-order chi connectivity index (χ1) is 15.2. The minimum Gasteiger partial charge on any atom is -0.492 e. The molecule has 5 rings (SSSR count). The van der Waals surface area contributed by atoms with Crippen molar-refractivity contribution in [3.8, 4) is 17.0 Å². The molecule has 2 atom stereocenters. The van der Waals surface area contributed by atoms with Crippen LogP contribution < -0.4 is 15.4 Å². The molecule has 0 bridgehead atoms. The van der Waals surface area contributed by atoms with Gasteiger partial charge in [0.15, 0.2) is 5.65 Å². The third-order valence-corrected chi connectivity index (χ3v) is 5.60. The highest BCUT2D eigenvalue weighted by atomic mass is 19.1. The van der Waals surface area contributed by atoms with Crippen LogP contribution in [0.15, 0.2) is 66.9 Å². The highest BCUT2D eigenvalue weighted by molar-refractivity contribution is 5.64. The van der Waals surface area contributed by atoms with E-state index in [4.69, 9.17) is 9.84 Å². The van der Waals surface area contributed by atoms with E-state index >= 15 is 0 Å². The first-order valence-electron chi connectivity index (χ1n) is 10.5. The molecule has 31 heavy (non-hydrogen) atoms. The number of halogens is 1. The average molecular weight is 417 g/mol. The third kappa shape index (κ3) is 4.22. The summed E-state index contributed by atoms with van der Waals surface area (Å²) >= 11 is 0. The fraction of sp³-hybridized carbons (Fsp3) is 0.250. The smallest absolute Gasteiger partial charge is 0.154 e. The molecule has 4 aromatic rings. The van der Waals surface area contributed by atoms with Crippen molar-refractivity contribution in [2.24, 2.45) is 0 Å². The Morgan fingerprint density at radius 3 is 2.77 bits per heavy atom. The second-order valence-electron chi connectivity index (χ2n) is 7.83. The number of benzene rings is 2. The van der Waals surface area contributed by atoms with E-state index in [1.165, 1.54) is 18.6 Å². The number of ether oxygens (including phenoxy) is 1. The Balaban J connectivity index is 1.35. The summed E-state index contributed by atoms with van der Waals surface area (Å²) in [6.45, 7) is 3.74. The molecule has 2 unspecified atom stereocenters. The fourth-order valence-electron chi connectivity index (χ4n) is 3.64. The monoisotopic (exact) mass is 417 g/mol. The van der Waals surface area contributed by atoms with Crippen LogP contribution >= 0.6 is 0 Å². The van der Waals surface area contributed by atoms with E-state index in [1.807, 2.05) is 60.1 Å². The van der Waals surface area contributed by atoms with Gasteiger partial charge in [0, 0.05) is 11.6 Å². The van der Waals surface area contributed by atoms with Crippen molar-refractivity contribution in [1.82, 2.24) is 19.9 Å². The Hall–Kier alpha value is -3.45. The molecule has 0 saturated carbocycles. The van der Waals surface area contributed by atoms with Crippen LogP contribution in [0.2, 0.25) is 0 Å². The molecule has 7 heteroatoms. The third-order valence-electron chi connectivity index (χ3n) is 5.60. The number of nitrogens with zero attached hydrogens (tertiary/aromatic N) is 3. The van der Waals surface area contributed by atoms with Gasteiger partial charge < -0.3 is 15.4 Å². The van der Waals surface area contributed by atoms with Crippen LogP contribution in [-0.4, -0.2) is 33.8 Å². The van der Waals surface area contributed by atoms with Gasteiger partial charge in [-0.15, -0.1) is 5.10 Å². The summed E-state index contributed by atoms with van der Waals surface area (Å²) < 4.78 is 21.2. The zero-order valence-corrected chi connectivity index (χ0v) is 17.3. The minimum atomic E-state index is -0.247. The molecule has 1 aliphatic rings. The quantitative estimate of drug-likeness (QED) is 0.465. The number of rotatable bonds is 7. The van der Waals surface area contributed by atoms with Crippen molar-refractivity contribution in [2.45, 2.75) is 25.4 Å². The summed E-state index contributed by atoms with van der Waals surface area (Å²) in [5, 5.41) is 11.4. The standard InChI is InChI=1S/C24H24FN5O/c1-16(18-3-2-4-19(25)13-18)28-23-9-10-24-27-14-22(30(24)29-23)17-5-7-21(8-6-17)31-15-20-11-12-26-20/h2-10,13-14,16,20,26H,11-12,15H2,1H3,(H,28,29). The molecule has 0 radical (unpaired) electrons. The van der Waals surface area contributed by atoms with Gasteiger partial charge in [0.05, 0.1) is 17.9 Å². The van der Waals surface area contributed by atoms with E-state index in [1.54, 1.807) is 6.07 Å². The van der Waals surface area contributed by atoms with Gasteiger partial charge in [-0.2, -0.15) is 0 Å². The summed E-state index contributed by atoms with van der Waals surface area (Å²) in [5.74, 6) is 1.30. The van der Waals surface area contributed by atoms with E-state index in [9.17, 15) is 4.39 Å². The van der Waals surface area contributed by atoms with Crippen LogP contribution in [0.3, 0.4) is 0 Å². The average Bonchev–Trinajstić information content (AvgIpc) is 3.16. The molecule has 1 fully saturated rings. The Kier molecular flexibility index (Phi) is 5.26. The molecule has 2 N–H and O–H groups in total. The number of hydrogen-bond donors (Lipinski definition) is 2. The lowest BCUT2D eigenvalue weighted by Crippen LogP contribution is -2.46. The Labute approximate surface area is 180 Å². The van der Waals surface area contributed by atoms with Gasteiger partial charge in [0.2, 0.25) is 0 Å². The molecular weight excluding hydrogens is 393 g/mol. The molecule has 0 spiro atoms. The van der Waals surface area contributed by atoms with Crippen molar-refractivity contribution >= 4 is 11.5 Å². The first-order valence-corrected chi connectivity index (χ1v) is 10.5. The topological polar surface area (TPSA) is 63.5 Å². The van der Waals surface area contributed by atoms with E-state index in [0.29, 0.717) is 18.5 Å². The summed E-state index contributed by atoms with van der Waals surface area (Å²) in [4.78, 5) is 4.47. The maximum absolute atomic E-state index is 13.5. The van der Waals surface area contributed by atoms with E-state index < -0.39 is 0 Å². The zero-order chi connectivity index (χ0) is 21.2. The number of hydrogen-bond acceptors (Lipinski definition) is 5. The van der Waals surface area contributed by atoms with E-state index in [-0.39, 0.29) is 11.9 Å². The van der Waals surface area contributed by atoms with Crippen molar-refractivity contribution < 1.29 is 9.13 Å². The second kappa shape index (κ2) is 8.35. The number of fused-ring (bicyclic) bond motifs is 1. The number of imidazole rings is 1. The molecule has 0 amide bonds. The number of anilines is 1. The van der Waals surface area contributed by atoms with E-state index in [0.717, 1.165) is 34.8 Å². The lowest BCUT2D eigenvalue weighted by Gasteiger charge is -2.27. The van der Waals surface area contributed by atoms with E-state index in [2.05, 4.69) is 15.6 Å². The molecule has 1 aliphatic heterocycles. The van der Waals surface area contributed by atoms with Gasteiger partial charge >= 0.3 is 0 Å². The summed E-state index contributed by atoms with van der Waals surface area (Å²) in [6.07, 6.45) is 2.98. The molecule has 2 aromatic heterocycles. The molecule has 6 nitrogen and oxygen atoms in total. The predicted octanol–water partition coefficient (Wildman–Crippen LogP) is 4.45. The van der Waals surface area contributed by atoms with Gasteiger partial charge in [-0.3, -0.25) is 0 Å².